The van der Waals surface area contributed by atoms with Crippen LogP contribution in [0.2, 0.25) is 0 Å². The van der Waals surface area contributed by atoms with Gasteiger partial charge in [0.15, 0.2) is 5.78 Å². The van der Waals surface area contributed by atoms with E-state index in [4.69, 9.17) is 9.73 Å². The molecule has 3 aromatic carbocycles. The first-order valence-electron chi connectivity index (χ1n) is 10.7. The van der Waals surface area contributed by atoms with Crippen molar-refractivity contribution in [2.75, 3.05) is 11.8 Å². The number of benzene rings is 3. The van der Waals surface area contributed by atoms with Gasteiger partial charge in [-0.25, -0.2) is 8.42 Å². The lowest BCUT2D eigenvalue weighted by molar-refractivity contribution is 0.100. The molecule has 4 rings (SSSR count). The van der Waals surface area contributed by atoms with Crippen LogP contribution >= 0.6 is 22.6 Å². The van der Waals surface area contributed by atoms with Crippen molar-refractivity contribution in [3.8, 4) is 5.75 Å². The molecule has 0 aromatic heterocycles. The van der Waals surface area contributed by atoms with Crippen LogP contribution in [-0.2, 0) is 16.4 Å². The van der Waals surface area contributed by atoms with E-state index in [2.05, 4.69) is 18.6 Å². The first-order chi connectivity index (χ1) is 16.1. The van der Waals surface area contributed by atoms with E-state index in [1.165, 1.54) is 0 Å². The number of carbonyl (C=O) groups excluding carboxylic acids is 1. The minimum Gasteiger partial charge on any atom is -0.497 e. The number of ketones is 1. The Morgan fingerprint density at radius 1 is 1.09 bits per heavy atom. The van der Waals surface area contributed by atoms with E-state index in [0.29, 0.717) is 14.8 Å². The number of hydrogen-bond donors (Lipinski definition) is 1. The summed E-state index contributed by atoms with van der Waals surface area (Å²) in [6.07, 6.45) is 0.941. The summed E-state index contributed by atoms with van der Waals surface area (Å²) < 4.78 is 34.0. The Balaban J connectivity index is 1.54. The molecule has 1 aliphatic rings. The number of carbonyl (C=O) groups is 1. The Kier molecular flexibility index (Phi) is 6.82. The number of hydrogen-bond acceptors (Lipinski definition) is 5. The third-order valence-electron chi connectivity index (χ3n) is 5.60. The standard InChI is InChI=1S/C26H25IN2O4S/c1-26(2)16-18-10-13-20(33-3)14-21(18)23(28-26)15-24(30)17-8-11-19(12-9-17)29-34(31,32)25-7-5-4-6-22(25)27/h4-14,29H,15-16H2,1-3H3. The number of aliphatic imine (C=N–C) groups is 1. The van der Waals surface area contributed by atoms with Crippen LogP contribution in [0.15, 0.2) is 76.6 Å². The summed E-state index contributed by atoms with van der Waals surface area (Å²) in [6, 6.07) is 19.1. The molecule has 6 nitrogen and oxygen atoms in total. The summed E-state index contributed by atoms with van der Waals surface area (Å²) in [4.78, 5) is 18.2. The van der Waals surface area contributed by atoms with Crippen LogP contribution in [-0.4, -0.2) is 32.6 Å². The number of methoxy groups -OCH3 is 1. The van der Waals surface area contributed by atoms with Crippen molar-refractivity contribution in [2.24, 2.45) is 4.99 Å². The molecule has 1 N–H and O–H groups in total. The Bertz CT molecular complexity index is 1380. The van der Waals surface area contributed by atoms with Gasteiger partial charge < -0.3 is 4.74 Å². The number of ether oxygens (including phenoxy) is 1. The molecule has 3 aromatic rings. The quantitative estimate of drug-likeness (QED) is 0.292. The highest BCUT2D eigenvalue weighted by atomic mass is 127. The van der Waals surface area contributed by atoms with Crippen LogP contribution in [0.3, 0.4) is 0 Å². The summed E-state index contributed by atoms with van der Waals surface area (Å²) in [7, 11) is -2.11. The molecule has 34 heavy (non-hydrogen) atoms. The van der Waals surface area contributed by atoms with Crippen molar-refractivity contribution in [1.82, 2.24) is 0 Å². The second kappa shape index (κ2) is 9.50. The Hall–Kier alpha value is -2.72. The molecule has 0 saturated heterocycles. The fraction of sp³-hybridized carbons (Fsp3) is 0.231. The van der Waals surface area contributed by atoms with Gasteiger partial charge in [-0.2, -0.15) is 0 Å². The van der Waals surface area contributed by atoms with Gasteiger partial charge in [-0.15, -0.1) is 0 Å². The Labute approximate surface area is 213 Å². The van der Waals surface area contributed by atoms with E-state index in [1.807, 2.05) is 40.8 Å². The van der Waals surface area contributed by atoms with Crippen LogP contribution in [0.25, 0.3) is 0 Å². The number of rotatable bonds is 7. The number of halogens is 1. The fourth-order valence-corrected chi connectivity index (χ4v) is 6.42. The molecule has 0 aliphatic carbocycles. The van der Waals surface area contributed by atoms with E-state index in [1.54, 1.807) is 55.6 Å². The van der Waals surface area contributed by atoms with E-state index in [9.17, 15) is 13.2 Å². The van der Waals surface area contributed by atoms with Gasteiger partial charge in [0, 0.05) is 20.4 Å². The molecule has 0 fully saturated rings. The highest BCUT2D eigenvalue weighted by Gasteiger charge is 2.28. The third kappa shape index (κ3) is 5.33. The van der Waals surface area contributed by atoms with Crippen molar-refractivity contribution in [1.29, 1.82) is 0 Å². The topological polar surface area (TPSA) is 84.8 Å². The predicted molar refractivity (Wildman–Crippen MR) is 143 cm³/mol. The molecule has 0 unspecified atom stereocenters. The summed E-state index contributed by atoms with van der Waals surface area (Å²) in [5.74, 6) is 0.639. The van der Waals surface area contributed by atoms with Gasteiger partial charge in [0.1, 0.15) is 10.6 Å². The van der Waals surface area contributed by atoms with Crippen LogP contribution in [0.1, 0.15) is 41.8 Å². The molecule has 0 saturated carbocycles. The summed E-state index contributed by atoms with van der Waals surface area (Å²) in [6.45, 7) is 4.11. The van der Waals surface area contributed by atoms with Gasteiger partial charge in [0.05, 0.1) is 24.8 Å². The van der Waals surface area contributed by atoms with E-state index in [0.717, 1.165) is 29.0 Å². The number of nitrogens with zero attached hydrogens (tertiary/aromatic N) is 1. The lowest BCUT2D eigenvalue weighted by atomic mass is 9.85. The zero-order chi connectivity index (χ0) is 24.5. The van der Waals surface area contributed by atoms with Gasteiger partial charge in [0.25, 0.3) is 10.0 Å². The maximum absolute atomic E-state index is 13.1. The van der Waals surface area contributed by atoms with Crippen LogP contribution < -0.4 is 9.46 Å². The molecule has 176 valence electrons. The summed E-state index contributed by atoms with van der Waals surface area (Å²) in [5.41, 5.74) is 3.40. The zero-order valence-corrected chi connectivity index (χ0v) is 22.1. The lowest BCUT2D eigenvalue weighted by Gasteiger charge is -2.29. The molecular weight excluding hydrogens is 563 g/mol. The van der Waals surface area contributed by atoms with E-state index in [-0.39, 0.29) is 22.6 Å². The molecule has 0 amide bonds. The maximum Gasteiger partial charge on any atom is 0.262 e. The third-order valence-corrected chi connectivity index (χ3v) is 8.35. The smallest absolute Gasteiger partial charge is 0.262 e. The van der Waals surface area contributed by atoms with Gasteiger partial charge >= 0.3 is 0 Å². The molecular formula is C26H25IN2O4S. The second-order valence-corrected chi connectivity index (χ2v) is 11.6. The fourth-order valence-electron chi connectivity index (χ4n) is 4.02. The van der Waals surface area contributed by atoms with Crippen LogP contribution in [0.4, 0.5) is 5.69 Å². The lowest BCUT2D eigenvalue weighted by Crippen LogP contribution is -2.30. The second-order valence-electron chi connectivity index (χ2n) is 8.78. The van der Waals surface area contributed by atoms with Crippen molar-refractivity contribution >= 4 is 49.8 Å². The Morgan fingerprint density at radius 2 is 1.79 bits per heavy atom. The molecule has 1 aliphatic heterocycles. The monoisotopic (exact) mass is 588 g/mol. The first-order valence-corrected chi connectivity index (χ1v) is 13.3. The average molecular weight is 588 g/mol. The molecule has 8 heteroatoms. The Morgan fingerprint density at radius 3 is 2.47 bits per heavy atom. The van der Waals surface area contributed by atoms with Crippen molar-refractivity contribution in [2.45, 2.75) is 37.1 Å². The average Bonchev–Trinajstić information content (AvgIpc) is 2.78. The number of Topliss-reactive ketones (excluding diaryl/α,β-unsaturated/α-hetero) is 1. The number of anilines is 1. The highest BCUT2D eigenvalue weighted by molar-refractivity contribution is 14.1. The molecule has 0 bridgehead atoms. The molecule has 1 heterocycles. The van der Waals surface area contributed by atoms with Gasteiger partial charge in [0.2, 0.25) is 0 Å². The first kappa shape index (κ1) is 24.4. The number of sulfonamides is 1. The van der Waals surface area contributed by atoms with E-state index < -0.39 is 10.0 Å². The minimum atomic E-state index is -3.73. The number of nitrogens with one attached hydrogen (secondary N) is 1. The van der Waals surface area contributed by atoms with Gasteiger partial charge in [-0.1, -0.05) is 18.2 Å². The molecule has 0 spiro atoms. The van der Waals surface area contributed by atoms with Crippen molar-refractivity contribution < 1.29 is 17.9 Å². The predicted octanol–water partition coefficient (Wildman–Crippen LogP) is 5.50. The molecule has 0 atom stereocenters. The normalized spacial score (nSPS) is 14.6. The number of fused-ring (bicyclic) bond motifs is 1. The SMILES string of the molecule is COc1ccc2c(c1)C(CC(=O)c1ccc(NS(=O)(=O)c3ccccc3I)cc1)=NC(C)(C)C2. The van der Waals surface area contributed by atoms with E-state index >= 15 is 0 Å². The largest absolute Gasteiger partial charge is 0.497 e. The van der Waals surface area contributed by atoms with Crippen LogP contribution in [0, 0.1) is 3.57 Å². The van der Waals surface area contributed by atoms with Crippen molar-refractivity contribution in [3.63, 3.8) is 0 Å². The summed E-state index contributed by atoms with van der Waals surface area (Å²) >= 11 is 1.99. The van der Waals surface area contributed by atoms with Gasteiger partial charge in [-0.05, 0) is 97.0 Å². The maximum atomic E-state index is 13.1. The van der Waals surface area contributed by atoms with Gasteiger partial charge in [-0.3, -0.25) is 14.5 Å². The zero-order valence-electron chi connectivity index (χ0n) is 19.1. The summed E-state index contributed by atoms with van der Waals surface area (Å²) in [5, 5.41) is 0. The molecule has 0 radical (unpaired) electrons. The minimum absolute atomic E-state index is 0.0859. The highest BCUT2D eigenvalue weighted by Crippen LogP contribution is 2.31. The van der Waals surface area contributed by atoms with Crippen LogP contribution in [0.5, 0.6) is 5.75 Å². The van der Waals surface area contributed by atoms with Crippen molar-refractivity contribution in [3.05, 3.63) is 87.0 Å².